The van der Waals surface area contributed by atoms with Crippen LogP contribution in [0.4, 0.5) is 0 Å². The van der Waals surface area contributed by atoms with Gasteiger partial charge < -0.3 is 5.11 Å². The molecule has 1 aromatic rings. The van der Waals surface area contributed by atoms with Crippen LogP contribution in [0, 0.1) is 25.2 Å². The van der Waals surface area contributed by atoms with Gasteiger partial charge in [-0.3, -0.25) is 9.69 Å². The van der Waals surface area contributed by atoms with Gasteiger partial charge in [-0.05, 0) is 20.8 Å². The number of aryl methyl sites for hydroxylation is 2. The van der Waals surface area contributed by atoms with Gasteiger partial charge in [0.2, 0.25) is 10.0 Å². The van der Waals surface area contributed by atoms with Crippen LogP contribution in [0.2, 0.25) is 0 Å². The van der Waals surface area contributed by atoms with E-state index in [4.69, 9.17) is 0 Å². The molecule has 0 radical (unpaired) electrons. The summed E-state index contributed by atoms with van der Waals surface area (Å²) in [6.07, 6.45) is 0. The third kappa shape index (κ3) is 2.87. The number of hydrogen-bond donors (Lipinski definition) is 1. The van der Waals surface area contributed by atoms with Gasteiger partial charge in [-0.2, -0.15) is 0 Å². The average molecular weight is 374 g/mol. The molecule has 3 heterocycles. The molecule has 0 saturated carbocycles. The van der Waals surface area contributed by atoms with Crippen LogP contribution < -0.4 is 0 Å². The van der Waals surface area contributed by atoms with E-state index in [1.807, 2.05) is 13.8 Å². The van der Waals surface area contributed by atoms with Crippen molar-refractivity contribution in [1.82, 2.24) is 14.2 Å². The molecular weight excluding hydrogens is 350 g/mol. The molecule has 0 aromatic carbocycles. The van der Waals surface area contributed by atoms with Gasteiger partial charge in [0.15, 0.2) is 0 Å². The average Bonchev–Trinajstić information content (AvgIpc) is 3.11. The second-order valence-corrected chi connectivity index (χ2v) is 10.3. The number of fused-ring (bicyclic) bond motifs is 1. The fraction of sp³-hybridized carbons (Fsp3) is 0.733. The predicted octanol–water partition coefficient (Wildman–Crippen LogP) is 0.928. The number of nitrogens with zero attached hydrogens (tertiary/aromatic N) is 3. The Labute approximate surface area is 146 Å². The standard InChI is InChI=1S/C15H23N3O4S2/c1-4-24(21,22)18-6-12-5-17(8-15(12,9-18)14(19)20)7-13-16-10(2)11(3)23-13/h12H,4-9H2,1-3H3,(H,19,20)/t12-,15-/m1/s1. The van der Waals surface area contributed by atoms with Gasteiger partial charge >= 0.3 is 5.97 Å². The van der Waals surface area contributed by atoms with Crippen molar-refractivity contribution in [2.24, 2.45) is 11.3 Å². The number of carboxylic acid groups (broad SMARTS) is 1. The molecule has 3 rings (SSSR count). The molecule has 2 aliphatic rings. The van der Waals surface area contributed by atoms with Crippen LogP contribution >= 0.6 is 11.3 Å². The summed E-state index contributed by atoms with van der Waals surface area (Å²) in [6, 6.07) is 0. The minimum Gasteiger partial charge on any atom is -0.481 e. The summed E-state index contributed by atoms with van der Waals surface area (Å²) in [6.45, 7) is 7.58. The highest BCUT2D eigenvalue weighted by Gasteiger charge is 2.59. The van der Waals surface area contributed by atoms with Crippen LogP contribution in [0.15, 0.2) is 0 Å². The van der Waals surface area contributed by atoms with Gasteiger partial charge in [-0.15, -0.1) is 11.3 Å². The monoisotopic (exact) mass is 373 g/mol. The molecule has 0 amide bonds. The molecule has 7 nitrogen and oxygen atoms in total. The topological polar surface area (TPSA) is 90.8 Å². The Morgan fingerprint density at radius 1 is 1.38 bits per heavy atom. The zero-order valence-electron chi connectivity index (χ0n) is 14.2. The van der Waals surface area contributed by atoms with Crippen molar-refractivity contribution in [1.29, 1.82) is 0 Å². The van der Waals surface area contributed by atoms with E-state index in [9.17, 15) is 18.3 Å². The van der Waals surface area contributed by atoms with Crippen LogP contribution in [0.1, 0.15) is 22.5 Å². The summed E-state index contributed by atoms with van der Waals surface area (Å²) in [5.41, 5.74) is 0.0198. The maximum Gasteiger partial charge on any atom is 0.312 e. The van der Waals surface area contributed by atoms with Crippen molar-refractivity contribution in [2.75, 3.05) is 31.9 Å². The second kappa shape index (κ2) is 6.05. The molecule has 2 saturated heterocycles. The first-order valence-corrected chi connectivity index (χ1v) is 10.5. The van der Waals surface area contributed by atoms with Crippen LogP contribution in [0.3, 0.4) is 0 Å². The minimum absolute atomic E-state index is 0.0107. The van der Waals surface area contributed by atoms with Crippen LogP contribution in [0.25, 0.3) is 0 Å². The number of carboxylic acids is 1. The highest BCUT2D eigenvalue weighted by molar-refractivity contribution is 7.89. The largest absolute Gasteiger partial charge is 0.481 e. The van der Waals surface area contributed by atoms with Gasteiger partial charge in [0, 0.05) is 37.0 Å². The van der Waals surface area contributed by atoms with Crippen LogP contribution in [0.5, 0.6) is 0 Å². The summed E-state index contributed by atoms with van der Waals surface area (Å²) in [4.78, 5) is 19.8. The van der Waals surface area contributed by atoms with Crippen molar-refractivity contribution < 1.29 is 18.3 Å². The Morgan fingerprint density at radius 3 is 2.58 bits per heavy atom. The first-order chi connectivity index (χ1) is 11.2. The van der Waals surface area contributed by atoms with E-state index >= 15 is 0 Å². The summed E-state index contributed by atoms with van der Waals surface area (Å²) in [7, 11) is -3.35. The maximum absolute atomic E-state index is 12.1. The lowest BCUT2D eigenvalue weighted by Gasteiger charge is -2.24. The molecule has 1 N–H and O–H groups in total. The first kappa shape index (κ1) is 17.8. The number of aliphatic carboxylic acids is 1. The van der Waals surface area contributed by atoms with E-state index in [0.717, 1.165) is 10.7 Å². The highest BCUT2D eigenvalue weighted by Crippen LogP contribution is 2.44. The maximum atomic E-state index is 12.1. The Bertz CT molecular complexity index is 741. The molecule has 0 unspecified atom stereocenters. The van der Waals surface area contributed by atoms with Gasteiger partial charge in [-0.25, -0.2) is 17.7 Å². The Balaban J connectivity index is 1.77. The lowest BCUT2D eigenvalue weighted by molar-refractivity contribution is -0.148. The van der Waals surface area contributed by atoms with E-state index in [1.165, 1.54) is 9.18 Å². The number of aromatic nitrogens is 1. The van der Waals surface area contributed by atoms with Crippen molar-refractivity contribution in [3.63, 3.8) is 0 Å². The van der Waals surface area contributed by atoms with Crippen molar-refractivity contribution >= 4 is 27.3 Å². The summed E-state index contributed by atoms with van der Waals surface area (Å²) < 4.78 is 25.6. The molecule has 24 heavy (non-hydrogen) atoms. The summed E-state index contributed by atoms with van der Waals surface area (Å²) in [5, 5.41) is 10.8. The fourth-order valence-electron chi connectivity index (χ4n) is 3.74. The fourth-order valence-corrected chi connectivity index (χ4v) is 5.91. The normalized spacial score (nSPS) is 28.4. The molecule has 9 heteroatoms. The lowest BCUT2D eigenvalue weighted by atomic mass is 9.81. The SMILES string of the molecule is CCS(=O)(=O)N1C[C@H]2CN(Cc3nc(C)c(C)s3)C[C@@]2(C(=O)O)C1. The molecule has 0 spiro atoms. The molecule has 2 atom stereocenters. The van der Waals surface area contributed by atoms with E-state index in [0.29, 0.717) is 26.2 Å². The molecular formula is C15H23N3O4S2. The third-order valence-corrected chi connectivity index (χ3v) is 8.12. The van der Waals surface area contributed by atoms with Gasteiger partial charge in [0.25, 0.3) is 0 Å². The summed E-state index contributed by atoms with van der Waals surface area (Å²) in [5.74, 6) is -1.05. The van der Waals surface area contributed by atoms with Crippen molar-refractivity contribution in [3.8, 4) is 0 Å². The number of rotatable bonds is 5. The van der Waals surface area contributed by atoms with Gasteiger partial charge in [0.05, 0.1) is 23.4 Å². The van der Waals surface area contributed by atoms with Crippen LogP contribution in [-0.4, -0.2) is 65.6 Å². The Hall–Kier alpha value is -1.03. The Morgan fingerprint density at radius 2 is 2.08 bits per heavy atom. The molecule has 2 fully saturated rings. The predicted molar refractivity (Wildman–Crippen MR) is 91.5 cm³/mol. The quantitative estimate of drug-likeness (QED) is 0.826. The number of carbonyl (C=O) groups is 1. The number of thiazole rings is 1. The third-order valence-electron chi connectivity index (χ3n) is 5.26. The second-order valence-electron chi connectivity index (χ2n) is 6.77. The first-order valence-electron chi connectivity index (χ1n) is 8.04. The molecule has 134 valence electrons. The van der Waals surface area contributed by atoms with E-state index in [2.05, 4.69) is 9.88 Å². The molecule has 0 bridgehead atoms. The van der Waals surface area contributed by atoms with Gasteiger partial charge in [-0.1, -0.05) is 0 Å². The van der Waals surface area contributed by atoms with Crippen LogP contribution in [-0.2, 0) is 21.4 Å². The van der Waals surface area contributed by atoms with E-state index in [1.54, 1.807) is 18.3 Å². The van der Waals surface area contributed by atoms with Crippen molar-refractivity contribution in [2.45, 2.75) is 27.3 Å². The number of likely N-dealkylation sites (tertiary alicyclic amines) is 1. The zero-order valence-corrected chi connectivity index (χ0v) is 15.8. The van der Waals surface area contributed by atoms with Crippen molar-refractivity contribution in [3.05, 3.63) is 15.6 Å². The highest BCUT2D eigenvalue weighted by atomic mass is 32.2. The lowest BCUT2D eigenvalue weighted by Crippen LogP contribution is -2.42. The molecule has 1 aromatic heterocycles. The number of sulfonamides is 1. The van der Waals surface area contributed by atoms with Gasteiger partial charge in [0.1, 0.15) is 5.01 Å². The molecule has 0 aliphatic carbocycles. The smallest absolute Gasteiger partial charge is 0.312 e. The Kier molecular flexibility index (Phi) is 4.48. The van der Waals surface area contributed by atoms with E-state index in [-0.39, 0.29) is 18.2 Å². The van der Waals surface area contributed by atoms with E-state index < -0.39 is 21.4 Å². The minimum atomic E-state index is -3.35. The number of hydrogen-bond acceptors (Lipinski definition) is 6. The molecule has 2 aliphatic heterocycles. The zero-order chi connectivity index (χ0) is 17.7. The summed E-state index contributed by atoms with van der Waals surface area (Å²) >= 11 is 1.64.